The Hall–Kier alpha value is -2.17. The molecule has 76 valence electrons. The number of hydrogen-bond acceptors (Lipinski definition) is 3. The van der Waals surface area contributed by atoms with Crippen molar-refractivity contribution >= 4 is 5.97 Å². The fraction of sp³-hybridized carbons (Fsp3) is 0.100. The molecule has 2 heterocycles. The predicted octanol–water partition coefficient (Wildman–Crippen LogP) is 1.18. The minimum atomic E-state index is -1.03. The molecule has 0 atom stereocenters. The van der Waals surface area contributed by atoms with Gasteiger partial charge in [0.25, 0.3) is 0 Å². The zero-order valence-corrected chi connectivity index (χ0v) is 8.08. The highest BCUT2D eigenvalue weighted by Gasteiger charge is 2.07. The highest BCUT2D eigenvalue weighted by Crippen LogP contribution is 2.13. The second-order valence-electron chi connectivity index (χ2n) is 3.14. The highest BCUT2D eigenvalue weighted by atomic mass is 16.4. The summed E-state index contributed by atoms with van der Waals surface area (Å²) in [5, 5.41) is 8.77. The molecule has 0 saturated carbocycles. The lowest BCUT2D eigenvalue weighted by molar-refractivity contribution is 0.0690. The summed E-state index contributed by atoms with van der Waals surface area (Å²) in [5.41, 5.74) is 1.26. The van der Waals surface area contributed by atoms with E-state index in [0.29, 0.717) is 11.4 Å². The van der Waals surface area contributed by atoms with Crippen molar-refractivity contribution in [2.75, 3.05) is 0 Å². The maximum atomic E-state index is 10.7. The van der Waals surface area contributed by atoms with Crippen molar-refractivity contribution in [3.05, 3.63) is 36.4 Å². The summed E-state index contributed by atoms with van der Waals surface area (Å²) in [6.45, 7) is 0. The molecule has 2 rings (SSSR count). The van der Waals surface area contributed by atoms with Crippen LogP contribution in [-0.2, 0) is 7.05 Å². The molecule has 0 aliphatic carbocycles. The fourth-order valence-corrected chi connectivity index (χ4v) is 1.24. The third kappa shape index (κ3) is 1.85. The smallest absolute Gasteiger partial charge is 0.354 e. The molecule has 0 radical (unpaired) electrons. The van der Waals surface area contributed by atoms with Gasteiger partial charge in [0.15, 0.2) is 0 Å². The van der Waals surface area contributed by atoms with Gasteiger partial charge in [0.1, 0.15) is 11.4 Å². The Bertz CT molecular complexity index is 505. The maximum absolute atomic E-state index is 10.7. The molecule has 1 N–H and O–H groups in total. The van der Waals surface area contributed by atoms with Gasteiger partial charge in [-0.25, -0.2) is 14.8 Å². The van der Waals surface area contributed by atoms with Crippen molar-refractivity contribution in [1.82, 2.24) is 14.5 Å². The predicted molar refractivity (Wildman–Crippen MR) is 53.4 cm³/mol. The number of aromatic nitrogens is 3. The van der Waals surface area contributed by atoms with E-state index < -0.39 is 5.97 Å². The van der Waals surface area contributed by atoms with E-state index in [4.69, 9.17) is 5.11 Å². The Balaban J connectivity index is 2.45. The molecule has 0 unspecified atom stereocenters. The molecule has 0 aliphatic heterocycles. The number of pyridine rings is 1. The van der Waals surface area contributed by atoms with Gasteiger partial charge in [-0.15, -0.1) is 0 Å². The Morgan fingerprint density at radius 2 is 2.20 bits per heavy atom. The van der Waals surface area contributed by atoms with Crippen LogP contribution in [0.2, 0.25) is 0 Å². The number of imidazole rings is 1. The topological polar surface area (TPSA) is 68.0 Å². The Labute approximate surface area is 86.0 Å². The average molecular weight is 203 g/mol. The molecule has 0 amide bonds. The van der Waals surface area contributed by atoms with Gasteiger partial charge in [0.05, 0.1) is 12.0 Å². The summed E-state index contributed by atoms with van der Waals surface area (Å²) in [7, 11) is 1.84. The normalized spacial score (nSPS) is 10.2. The number of aromatic carboxylic acids is 1. The van der Waals surface area contributed by atoms with Crippen molar-refractivity contribution < 1.29 is 9.90 Å². The van der Waals surface area contributed by atoms with Crippen LogP contribution in [-0.4, -0.2) is 25.6 Å². The molecule has 2 aromatic rings. The molecular formula is C10H9N3O2. The minimum absolute atomic E-state index is 0.0261. The minimum Gasteiger partial charge on any atom is -0.477 e. The lowest BCUT2D eigenvalue weighted by Gasteiger charge is -1.97. The van der Waals surface area contributed by atoms with Gasteiger partial charge in [-0.3, -0.25) is 0 Å². The van der Waals surface area contributed by atoms with Gasteiger partial charge < -0.3 is 9.67 Å². The third-order valence-corrected chi connectivity index (χ3v) is 1.94. The van der Waals surface area contributed by atoms with Crippen molar-refractivity contribution in [1.29, 1.82) is 0 Å². The van der Waals surface area contributed by atoms with Crippen LogP contribution in [0.3, 0.4) is 0 Å². The fourth-order valence-electron chi connectivity index (χ4n) is 1.24. The molecule has 0 aromatic carbocycles. The number of aryl methyl sites for hydroxylation is 1. The quantitative estimate of drug-likeness (QED) is 0.795. The largest absolute Gasteiger partial charge is 0.477 e. The first kappa shape index (κ1) is 9.39. The SMILES string of the molecule is Cn1cnc(-c2cccc(C(=O)O)n2)c1. The summed E-state index contributed by atoms with van der Waals surface area (Å²) < 4.78 is 1.78. The lowest BCUT2D eigenvalue weighted by atomic mass is 10.2. The van der Waals surface area contributed by atoms with Crippen LogP contribution in [0, 0.1) is 0 Å². The highest BCUT2D eigenvalue weighted by molar-refractivity contribution is 5.85. The third-order valence-electron chi connectivity index (χ3n) is 1.94. The Morgan fingerprint density at radius 3 is 2.80 bits per heavy atom. The second-order valence-corrected chi connectivity index (χ2v) is 3.14. The Kier molecular flexibility index (Phi) is 2.21. The molecule has 0 saturated heterocycles. The van der Waals surface area contributed by atoms with E-state index in [2.05, 4.69) is 9.97 Å². The van der Waals surface area contributed by atoms with E-state index in [-0.39, 0.29) is 5.69 Å². The van der Waals surface area contributed by atoms with Crippen molar-refractivity contribution in [2.24, 2.45) is 7.05 Å². The van der Waals surface area contributed by atoms with Gasteiger partial charge in [0.2, 0.25) is 0 Å². The van der Waals surface area contributed by atoms with Crippen molar-refractivity contribution in [3.63, 3.8) is 0 Å². The Morgan fingerprint density at radius 1 is 1.40 bits per heavy atom. The summed E-state index contributed by atoms with van der Waals surface area (Å²) in [4.78, 5) is 18.8. The van der Waals surface area contributed by atoms with Crippen molar-refractivity contribution in [2.45, 2.75) is 0 Å². The van der Waals surface area contributed by atoms with E-state index in [1.807, 2.05) is 7.05 Å². The maximum Gasteiger partial charge on any atom is 0.354 e. The molecule has 15 heavy (non-hydrogen) atoms. The summed E-state index contributed by atoms with van der Waals surface area (Å²) in [5.74, 6) is -1.03. The summed E-state index contributed by atoms with van der Waals surface area (Å²) >= 11 is 0. The van der Waals surface area contributed by atoms with Gasteiger partial charge in [-0.05, 0) is 12.1 Å². The average Bonchev–Trinajstić information content (AvgIpc) is 2.65. The number of carbonyl (C=O) groups is 1. The van der Waals surface area contributed by atoms with Crippen LogP contribution in [0.15, 0.2) is 30.7 Å². The number of nitrogens with zero attached hydrogens (tertiary/aromatic N) is 3. The molecular weight excluding hydrogens is 194 g/mol. The number of rotatable bonds is 2. The van der Waals surface area contributed by atoms with E-state index in [9.17, 15) is 4.79 Å². The second kappa shape index (κ2) is 3.53. The monoisotopic (exact) mass is 203 g/mol. The first-order valence-corrected chi connectivity index (χ1v) is 4.35. The number of hydrogen-bond donors (Lipinski definition) is 1. The van der Waals surface area contributed by atoms with Gasteiger partial charge in [0, 0.05) is 13.2 Å². The molecule has 0 fully saturated rings. The zero-order chi connectivity index (χ0) is 10.8. The number of carboxylic acid groups (broad SMARTS) is 1. The van der Waals surface area contributed by atoms with E-state index in [0.717, 1.165) is 0 Å². The van der Waals surface area contributed by atoms with Crippen molar-refractivity contribution in [3.8, 4) is 11.4 Å². The lowest BCUT2D eigenvalue weighted by Crippen LogP contribution is -2.00. The number of carboxylic acids is 1. The summed E-state index contributed by atoms with van der Waals surface area (Å²) in [6, 6.07) is 4.84. The van der Waals surface area contributed by atoms with Gasteiger partial charge in [-0.2, -0.15) is 0 Å². The molecule has 5 heteroatoms. The van der Waals surface area contributed by atoms with Crippen LogP contribution >= 0.6 is 0 Å². The van der Waals surface area contributed by atoms with Crippen LogP contribution in [0.5, 0.6) is 0 Å². The van der Waals surface area contributed by atoms with Crippen LogP contribution in [0.1, 0.15) is 10.5 Å². The van der Waals surface area contributed by atoms with E-state index in [1.165, 1.54) is 6.07 Å². The van der Waals surface area contributed by atoms with Gasteiger partial charge >= 0.3 is 5.97 Å². The molecule has 0 spiro atoms. The van der Waals surface area contributed by atoms with Crippen LogP contribution in [0.4, 0.5) is 0 Å². The molecule has 2 aromatic heterocycles. The van der Waals surface area contributed by atoms with Crippen LogP contribution in [0.25, 0.3) is 11.4 Å². The van der Waals surface area contributed by atoms with Gasteiger partial charge in [-0.1, -0.05) is 6.07 Å². The van der Waals surface area contributed by atoms with Crippen LogP contribution < -0.4 is 0 Å². The molecule has 5 nitrogen and oxygen atoms in total. The zero-order valence-electron chi connectivity index (χ0n) is 8.08. The first-order valence-electron chi connectivity index (χ1n) is 4.35. The standard InChI is InChI=1S/C10H9N3O2/c1-13-5-9(11-6-13)7-3-2-4-8(12-7)10(14)15/h2-6H,1H3,(H,14,15). The summed E-state index contributed by atoms with van der Waals surface area (Å²) in [6.07, 6.45) is 3.43. The van der Waals surface area contributed by atoms with E-state index >= 15 is 0 Å². The molecule has 0 aliphatic rings. The van der Waals surface area contributed by atoms with E-state index in [1.54, 1.807) is 29.2 Å². The first-order chi connectivity index (χ1) is 7.16. The molecule has 0 bridgehead atoms.